The lowest BCUT2D eigenvalue weighted by Gasteiger charge is -2.04. The Balaban J connectivity index is 3.95. The number of hydrazone groups is 1. The van der Waals surface area contributed by atoms with E-state index in [2.05, 4.69) is 5.10 Å². The summed E-state index contributed by atoms with van der Waals surface area (Å²) in [6.45, 7) is 2.37. The van der Waals surface area contributed by atoms with Crippen LogP contribution in [0.5, 0.6) is 0 Å². The lowest BCUT2D eigenvalue weighted by Crippen LogP contribution is -2.18. The van der Waals surface area contributed by atoms with Gasteiger partial charge < -0.3 is 0 Å². The van der Waals surface area contributed by atoms with Crippen molar-refractivity contribution in [3.05, 3.63) is 0 Å². The second-order valence-electron chi connectivity index (χ2n) is 2.31. The number of hydrogen-bond acceptors (Lipinski definition) is 2. The van der Waals surface area contributed by atoms with Crippen LogP contribution in [0.25, 0.3) is 0 Å². The predicted molar refractivity (Wildman–Crippen MR) is 37.6 cm³/mol. The smallest absolute Gasteiger partial charge is 0.274 e. The molecule has 0 aliphatic heterocycles. The van der Waals surface area contributed by atoms with E-state index in [0.717, 1.165) is 0 Å². The van der Waals surface area contributed by atoms with Gasteiger partial charge in [0.05, 0.1) is 6.42 Å². The Morgan fingerprint density at radius 1 is 1.42 bits per heavy atom. The third kappa shape index (κ3) is 7.04. The summed E-state index contributed by atoms with van der Waals surface area (Å²) in [6, 6.07) is 0. The molecule has 0 aliphatic rings. The van der Waals surface area contributed by atoms with E-state index in [9.17, 15) is 18.0 Å². The summed E-state index contributed by atoms with van der Waals surface area (Å²) >= 11 is 0. The largest absolute Gasteiger partial charge is 0.394 e. The SMILES string of the molecule is CC(=O)N/N=C(\C)CC(F)(F)F. The van der Waals surface area contributed by atoms with Gasteiger partial charge in [-0.1, -0.05) is 0 Å². The van der Waals surface area contributed by atoms with Crippen LogP contribution in [0.2, 0.25) is 0 Å². The third-order valence-corrected chi connectivity index (χ3v) is 0.860. The summed E-state index contributed by atoms with van der Waals surface area (Å²) in [5.41, 5.74) is 1.75. The summed E-state index contributed by atoms with van der Waals surface area (Å²) in [5.74, 6) is -0.489. The highest BCUT2D eigenvalue weighted by Crippen LogP contribution is 2.19. The minimum atomic E-state index is -4.27. The van der Waals surface area contributed by atoms with E-state index in [1.165, 1.54) is 13.8 Å². The van der Waals surface area contributed by atoms with Crippen LogP contribution in [0.3, 0.4) is 0 Å². The molecule has 0 spiro atoms. The first-order valence-electron chi connectivity index (χ1n) is 3.18. The van der Waals surface area contributed by atoms with Gasteiger partial charge in [0.25, 0.3) is 0 Å². The van der Waals surface area contributed by atoms with Crippen molar-refractivity contribution in [3.8, 4) is 0 Å². The Kier molecular flexibility index (Phi) is 3.72. The molecule has 0 saturated carbocycles. The predicted octanol–water partition coefficient (Wildman–Crippen LogP) is 1.45. The monoisotopic (exact) mass is 182 g/mol. The van der Waals surface area contributed by atoms with Crippen molar-refractivity contribution in [1.29, 1.82) is 0 Å². The van der Waals surface area contributed by atoms with Gasteiger partial charge in [0.15, 0.2) is 0 Å². The lowest BCUT2D eigenvalue weighted by atomic mass is 10.3. The molecule has 1 N–H and O–H groups in total. The first-order chi connectivity index (χ1) is 5.31. The number of nitrogens with zero attached hydrogens (tertiary/aromatic N) is 1. The summed E-state index contributed by atoms with van der Waals surface area (Å²) < 4.78 is 34.9. The van der Waals surface area contributed by atoms with Gasteiger partial charge in [-0.15, -0.1) is 0 Å². The number of rotatable bonds is 2. The Morgan fingerprint density at radius 3 is 2.25 bits per heavy atom. The number of carbonyl (C=O) groups is 1. The Morgan fingerprint density at radius 2 is 1.92 bits per heavy atom. The first kappa shape index (κ1) is 10.9. The van der Waals surface area contributed by atoms with Gasteiger partial charge in [-0.25, -0.2) is 5.43 Å². The molecule has 0 aromatic rings. The molecule has 0 bridgehead atoms. The Hall–Kier alpha value is -1.07. The molecule has 1 amide bonds. The minimum absolute atomic E-state index is 0.169. The molecule has 0 aromatic heterocycles. The van der Waals surface area contributed by atoms with Crippen LogP contribution in [0.15, 0.2) is 5.10 Å². The fourth-order valence-electron chi connectivity index (χ4n) is 0.504. The zero-order valence-corrected chi connectivity index (χ0v) is 6.70. The second-order valence-corrected chi connectivity index (χ2v) is 2.31. The number of halogens is 3. The van der Waals surface area contributed by atoms with Crippen LogP contribution in [0, 0.1) is 0 Å². The van der Waals surface area contributed by atoms with E-state index < -0.39 is 18.5 Å². The van der Waals surface area contributed by atoms with Gasteiger partial charge in [0.1, 0.15) is 0 Å². The quantitative estimate of drug-likeness (QED) is 0.509. The maximum atomic E-state index is 11.6. The highest BCUT2D eigenvalue weighted by atomic mass is 19.4. The molecule has 12 heavy (non-hydrogen) atoms. The van der Waals surface area contributed by atoms with E-state index in [-0.39, 0.29) is 5.71 Å². The van der Waals surface area contributed by atoms with Crippen molar-refractivity contribution in [2.45, 2.75) is 26.4 Å². The van der Waals surface area contributed by atoms with Crippen molar-refractivity contribution in [1.82, 2.24) is 5.43 Å². The molecule has 0 aliphatic carbocycles. The van der Waals surface area contributed by atoms with Crippen LogP contribution in [0.4, 0.5) is 13.2 Å². The van der Waals surface area contributed by atoms with Crippen molar-refractivity contribution in [2.75, 3.05) is 0 Å². The van der Waals surface area contributed by atoms with E-state index in [4.69, 9.17) is 0 Å². The molecule has 0 heterocycles. The Bertz CT molecular complexity index is 197. The van der Waals surface area contributed by atoms with Crippen molar-refractivity contribution in [3.63, 3.8) is 0 Å². The zero-order chi connectivity index (χ0) is 9.78. The van der Waals surface area contributed by atoms with E-state index in [1.54, 1.807) is 0 Å². The van der Waals surface area contributed by atoms with Crippen molar-refractivity contribution >= 4 is 11.6 Å². The zero-order valence-electron chi connectivity index (χ0n) is 6.70. The topological polar surface area (TPSA) is 41.5 Å². The summed E-state index contributed by atoms with van der Waals surface area (Å²) in [4.78, 5) is 10.2. The number of nitrogens with one attached hydrogen (secondary N) is 1. The Labute approximate surface area is 67.6 Å². The lowest BCUT2D eigenvalue weighted by molar-refractivity contribution is -0.122. The van der Waals surface area contributed by atoms with Gasteiger partial charge >= 0.3 is 6.18 Å². The molecule has 6 heteroatoms. The number of amides is 1. The molecule has 0 aromatic carbocycles. The molecular weight excluding hydrogens is 173 g/mol. The minimum Gasteiger partial charge on any atom is -0.274 e. The van der Waals surface area contributed by atoms with Crippen molar-refractivity contribution < 1.29 is 18.0 Å². The van der Waals surface area contributed by atoms with Crippen LogP contribution in [-0.2, 0) is 4.79 Å². The molecule has 0 fully saturated rings. The summed E-state index contributed by atoms with van der Waals surface area (Å²) in [6.07, 6.45) is -5.38. The number of hydrogen-bond donors (Lipinski definition) is 1. The van der Waals surface area contributed by atoms with E-state index >= 15 is 0 Å². The average Bonchev–Trinajstić information content (AvgIpc) is 1.79. The van der Waals surface area contributed by atoms with Crippen LogP contribution in [-0.4, -0.2) is 17.8 Å². The van der Waals surface area contributed by atoms with Gasteiger partial charge in [0.2, 0.25) is 5.91 Å². The number of carbonyl (C=O) groups excluding carboxylic acids is 1. The summed E-state index contributed by atoms with van der Waals surface area (Å²) in [5, 5.41) is 3.21. The maximum absolute atomic E-state index is 11.6. The molecule has 70 valence electrons. The molecule has 0 saturated heterocycles. The standard InChI is InChI=1S/C6H9F3N2O/c1-4(3-6(7,8)9)10-11-5(2)12/h3H2,1-2H3,(H,11,12)/b10-4+. The molecule has 0 atom stereocenters. The fraction of sp³-hybridized carbons (Fsp3) is 0.667. The third-order valence-electron chi connectivity index (χ3n) is 0.860. The maximum Gasteiger partial charge on any atom is 0.394 e. The molecule has 0 rings (SSSR count). The van der Waals surface area contributed by atoms with E-state index in [1.807, 2.05) is 5.43 Å². The molecular formula is C6H9F3N2O. The second kappa shape index (κ2) is 4.08. The molecule has 3 nitrogen and oxygen atoms in total. The van der Waals surface area contributed by atoms with Gasteiger partial charge in [-0.2, -0.15) is 18.3 Å². The van der Waals surface area contributed by atoms with Gasteiger partial charge in [-0.05, 0) is 6.92 Å². The van der Waals surface area contributed by atoms with Crippen LogP contribution >= 0.6 is 0 Å². The summed E-state index contributed by atoms with van der Waals surface area (Å²) in [7, 11) is 0. The first-order valence-corrected chi connectivity index (χ1v) is 3.18. The van der Waals surface area contributed by atoms with E-state index in [0.29, 0.717) is 0 Å². The van der Waals surface area contributed by atoms with Gasteiger partial charge in [-0.3, -0.25) is 4.79 Å². The highest BCUT2D eigenvalue weighted by Gasteiger charge is 2.28. The van der Waals surface area contributed by atoms with Gasteiger partial charge in [0, 0.05) is 12.6 Å². The normalized spacial score (nSPS) is 12.9. The van der Waals surface area contributed by atoms with Crippen LogP contribution < -0.4 is 5.43 Å². The molecule has 0 unspecified atom stereocenters. The molecule has 0 radical (unpaired) electrons. The van der Waals surface area contributed by atoms with Crippen molar-refractivity contribution in [2.24, 2.45) is 5.10 Å². The fourth-order valence-corrected chi connectivity index (χ4v) is 0.504. The number of alkyl halides is 3. The average molecular weight is 182 g/mol. The highest BCUT2D eigenvalue weighted by molar-refractivity contribution is 5.84. The van der Waals surface area contributed by atoms with Crippen LogP contribution in [0.1, 0.15) is 20.3 Å².